The highest BCUT2D eigenvalue weighted by molar-refractivity contribution is 5.98. The van der Waals surface area contributed by atoms with E-state index in [0.717, 1.165) is 54.0 Å². The first kappa shape index (κ1) is 22.4. The van der Waals surface area contributed by atoms with E-state index in [1.54, 1.807) is 13.1 Å². The Kier molecular flexibility index (Phi) is 5.65. The summed E-state index contributed by atoms with van der Waals surface area (Å²) in [6, 6.07) is 6.59. The van der Waals surface area contributed by atoms with Crippen molar-refractivity contribution in [3.63, 3.8) is 0 Å². The van der Waals surface area contributed by atoms with Gasteiger partial charge in [0.15, 0.2) is 5.65 Å². The quantitative estimate of drug-likeness (QED) is 0.448. The SMILES string of the molecule is Cc1cc2c(-c3cnn4cc(N5CCC(N6CCN(C)CC6C)CC5)cnc34)ccnc2cc1F. The van der Waals surface area contributed by atoms with Gasteiger partial charge < -0.3 is 9.80 Å². The van der Waals surface area contributed by atoms with Crippen LogP contribution in [0.1, 0.15) is 25.3 Å². The van der Waals surface area contributed by atoms with E-state index in [4.69, 9.17) is 4.98 Å². The monoisotopic (exact) mass is 473 g/mol. The average molecular weight is 474 g/mol. The molecule has 3 aromatic heterocycles. The summed E-state index contributed by atoms with van der Waals surface area (Å²) >= 11 is 0. The Bertz CT molecular complexity index is 1370. The molecule has 35 heavy (non-hydrogen) atoms. The maximum absolute atomic E-state index is 14.1. The van der Waals surface area contributed by atoms with E-state index in [9.17, 15) is 4.39 Å². The number of rotatable bonds is 3. The minimum atomic E-state index is -0.240. The zero-order valence-corrected chi connectivity index (χ0v) is 20.7. The summed E-state index contributed by atoms with van der Waals surface area (Å²) in [7, 11) is 2.22. The molecule has 0 amide bonds. The fourth-order valence-electron chi connectivity index (χ4n) is 5.88. The number of halogens is 1. The molecule has 1 aromatic carbocycles. The molecule has 182 valence electrons. The predicted molar refractivity (Wildman–Crippen MR) is 137 cm³/mol. The third kappa shape index (κ3) is 4.04. The molecule has 7 nitrogen and oxygen atoms in total. The molecule has 1 unspecified atom stereocenters. The number of benzene rings is 1. The van der Waals surface area contributed by atoms with Gasteiger partial charge in [-0.2, -0.15) is 5.10 Å². The summed E-state index contributed by atoms with van der Waals surface area (Å²) < 4.78 is 15.9. The van der Waals surface area contributed by atoms with Gasteiger partial charge in [0.25, 0.3) is 0 Å². The minimum absolute atomic E-state index is 0.240. The third-order valence-electron chi connectivity index (χ3n) is 7.84. The van der Waals surface area contributed by atoms with Crippen molar-refractivity contribution in [2.75, 3.05) is 44.7 Å². The molecule has 6 rings (SSSR count). The van der Waals surface area contributed by atoms with E-state index in [0.29, 0.717) is 23.2 Å². The van der Waals surface area contributed by atoms with Crippen molar-refractivity contribution in [2.24, 2.45) is 0 Å². The number of hydrogen-bond donors (Lipinski definition) is 0. The molecular weight excluding hydrogens is 441 g/mol. The predicted octanol–water partition coefficient (Wildman–Crippen LogP) is 4.00. The van der Waals surface area contributed by atoms with Gasteiger partial charge in [-0.25, -0.2) is 13.9 Å². The van der Waals surface area contributed by atoms with Crippen molar-refractivity contribution >= 4 is 22.2 Å². The fourth-order valence-corrected chi connectivity index (χ4v) is 5.88. The molecular formula is C27H32FN7. The first-order chi connectivity index (χ1) is 17.0. The molecule has 0 saturated carbocycles. The van der Waals surface area contributed by atoms with E-state index in [2.05, 4.69) is 45.0 Å². The van der Waals surface area contributed by atoms with Crippen molar-refractivity contribution in [2.45, 2.75) is 38.8 Å². The van der Waals surface area contributed by atoms with Crippen LogP contribution in [0, 0.1) is 12.7 Å². The Morgan fingerprint density at radius 2 is 1.83 bits per heavy atom. The van der Waals surface area contributed by atoms with Crippen molar-refractivity contribution in [3.8, 4) is 11.1 Å². The van der Waals surface area contributed by atoms with Gasteiger partial charge in [0.1, 0.15) is 5.82 Å². The van der Waals surface area contributed by atoms with Crippen LogP contribution in [0.3, 0.4) is 0 Å². The normalized spacial score (nSPS) is 20.8. The fraction of sp³-hybridized carbons (Fsp3) is 0.444. The Balaban J connectivity index is 1.23. The van der Waals surface area contributed by atoms with Crippen molar-refractivity contribution in [1.82, 2.24) is 29.4 Å². The number of aromatic nitrogens is 4. The smallest absolute Gasteiger partial charge is 0.162 e. The van der Waals surface area contributed by atoms with Gasteiger partial charge in [0.05, 0.1) is 29.8 Å². The van der Waals surface area contributed by atoms with E-state index >= 15 is 0 Å². The van der Waals surface area contributed by atoms with E-state index in [-0.39, 0.29) is 5.82 Å². The topological polar surface area (TPSA) is 52.8 Å². The molecule has 2 saturated heterocycles. The van der Waals surface area contributed by atoms with Crippen LogP contribution in [-0.2, 0) is 0 Å². The lowest BCUT2D eigenvalue weighted by Crippen LogP contribution is -2.56. The molecule has 0 N–H and O–H groups in total. The Morgan fingerprint density at radius 3 is 2.63 bits per heavy atom. The Hall–Kier alpha value is -3.10. The van der Waals surface area contributed by atoms with Crippen LogP contribution in [0.15, 0.2) is 43.0 Å². The molecule has 4 aromatic rings. The highest BCUT2D eigenvalue weighted by atomic mass is 19.1. The average Bonchev–Trinajstić information content (AvgIpc) is 3.28. The van der Waals surface area contributed by atoms with Crippen molar-refractivity contribution in [3.05, 3.63) is 54.4 Å². The van der Waals surface area contributed by atoms with Crippen LogP contribution >= 0.6 is 0 Å². The van der Waals surface area contributed by atoms with Gasteiger partial charge in [0, 0.05) is 68.0 Å². The zero-order chi connectivity index (χ0) is 24.1. The number of piperidine rings is 1. The van der Waals surface area contributed by atoms with Crippen LogP contribution in [0.4, 0.5) is 10.1 Å². The summed E-state index contributed by atoms with van der Waals surface area (Å²) in [5, 5.41) is 5.53. The van der Waals surface area contributed by atoms with Crippen LogP contribution in [0.5, 0.6) is 0 Å². The molecule has 2 aliphatic rings. The number of hydrogen-bond acceptors (Lipinski definition) is 6. The van der Waals surface area contributed by atoms with E-state index in [1.165, 1.54) is 25.5 Å². The number of fused-ring (bicyclic) bond motifs is 2. The van der Waals surface area contributed by atoms with Gasteiger partial charge in [-0.15, -0.1) is 0 Å². The maximum Gasteiger partial charge on any atom is 0.162 e. The second-order valence-corrected chi connectivity index (χ2v) is 10.2. The van der Waals surface area contributed by atoms with Crippen LogP contribution in [0.25, 0.3) is 27.7 Å². The zero-order valence-electron chi connectivity index (χ0n) is 20.7. The molecule has 1 atom stereocenters. The van der Waals surface area contributed by atoms with Gasteiger partial charge >= 0.3 is 0 Å². The van der Waals surface area contributed by atoms with E-state index in [1.807, 2.05) is 29.0 Å². The largest absolute Gasteiger partial charge is 0.369 e. The van der Waals surface area contributed by atoms with Gasteiger partial charge in [-0.3, -0.25) is 9.88 Å². The van der Waals surface area contributed by atoms with Gasteiger partial charge in [0.2, 0.25) is 0 Å². The summed E-state index contributed by atoms with van der Waals surface area (Å²) in [6.07, 6.45) is 9.97. The van der Waals surface area contributed by atoms with Gasteiger partial charge in [-0.05, 0) is 57.0 Å². The molecule has 2 fully saturated rings. The van der Waals surface area contributed by atoms with Gasteiger partial charge in [-0.1, -0.05) is 0 Å². The Labute approximate surface area is 205 Å². The highest BCUT2D eigenvalue weighted by Crippen LogP contribution is 2.32. The number of pyridine rings is 1. The summed E-state index contributed by atoms with van der Waals surface area (Å²) in [4.78, 5) is 16.8. The lowest BCUT2D eigenvalue weighted by molar-refractivity contribution is 0.0511. The number of piperazine rings is 1. The highest BCUT2D eigenvalue weighted by Gasteiger charge is 2.31. The molecule has 0 radical (unpaired) electrons. The van der Waals surface area contributed by atoms with Crippen LogP contribution in [0.2, 0.25) is 0 Å². The number of aryl methyl sites for hydroxylation is 1. The molecule has 0 bridgehead atoms. The molecule has 0 spiro atoms. The minimum Gasteiger partial charge on any atom is -0.369 e. The first-order valence-electron chi connectivity index (χ1n) is 12.6. The third-order valence-corrected chi connectivity index (χ3v) is 7.84. The number of anilines is 1. The molecule has 8 heteroatoms. The van der Waals surface area contributed by atoms with Crippen LogP contribution < -0.4 is 4.90 Å². The van der Waals surface area contributed by atoms with Crippen LogP contribution in [-0.4, -0.2) is 81.2 Å². The second kappa shape index (κ2) is 8.84. The number of likely N-dealkylation sites (N-methyl/N-ethyl adjacent to an activating group) is 1. The summed E-state index contributed by atoms with van der Waals surface area (Å²) in [5.74, 6) is -0.240. The lowest BCUT2D eigenvalue weighted by atomic mass is 9.99. The van der Waals surface area contributed by atoms with Crippen molar-refractivity contribution in [1.29, 1.82) is 0 Å². The molecule has 5 heterocycles. The number of nitrogens with zero attached hydrogens (tertiary/aromatic N) is 7. The maximum atomic E-state index is 14.1. The summed E-state index contributed by atoms with van der Waals surface area (Å²) in [5.41, 5.74) is 5.04. The summed E-state index contributed by atoms with van der Waals surface area (Å²) in [6.45, 7) is 9.69. The standard InChI is InChI=1S/C27H32FN7/c1-18-12-23-22(4-7-29-26(23)13-25(18)28)24-15-31-35-17-21(14-30-27(24)35)33-8-5-20(6-9-33)34-11-10-32(3)16-19(34)2/h4,7,12-15,17,19-20H,5-6,8-11,16H2,1-3H3. The Morgan fingerprint density at radius 1 is 1.00 bits per heavy atom. The van der Waals surface area contributed by atoms with E-state index < -0.39 is 0 Å². The van der Waals surface area contributed by atoms with Crippen molar-refractivity contribution < 1.29 is 4.39 Å². The molecule has 0 aliphatic carbocycles. The first-order valence-corrected chi connectivity index (χ1v) is 12.6. The second-order valence-electron chi connectivity index (χ2n) is 10.2. The molecule has 2 aliphatic heterocycles. The lowest BCUT2D eigenvalue weighted by Gasteiger charge is -2.46.